The Labute approximate surface area is 138 Å². The van der Waals surface area contributed by atoms with Gasteiger partial charge in [0.25, 0.3) is 5.91 Å². The Morgan fingerprint density at radius 2 is 2.08 bits per heavy atom. The van der Waals surface area contributed by atoms with E-state index in [9.17, 15) is 9.18 Å². The van der Waals surface area contributed by atoms with E-state index in [2.05, 4.69) is 15.6 Å². The topological polar surface area (TPSA) is 59.3 Å². The van der Waals surface area contributed by atoms with Crippen molar-refractivity contribution in [3.05, 3.63) is 89.5 Å². The van der Waals surface area contributed by atoms with Crippen LogP contribution in [0.15, 0.2) is 72.1 Å². The second-order valence-corrected chi connectivity index (χ2v) is 5.12. The number of halogens is 1. The Morgan fingerprint density at radius 1 is 1.21 bits per heavy atom. The van der Waals surface area contributed by atoms with E-state index in [1.54, 1.807) is 47.3 Å². The van der Waals surface area contributed by atoms with Crippen LogP contribution in [0, 0.1) is 5.82 Å². The van der Waals surface area contributed by atoms with Crippen LogP contribution in [0.3, 0.4) is 0 Å². The second kappa shape index (κ2) is 7.32. The van der Waals surface area contributed by atoms with E-state index in [1.807, 2.05) is 18.3 Å². The standard InChI is InChI=1S/C18H15FN4O/c19-17-8-2-1-6-16(17)12-20-22-18(24)15-7-3-5-14(11-15)13-23-10-4-9-21-23/h1-12H,13H2,(H,22,24)/b20-12-. The molecular formula is C18H15FN4O. The molecule has 0 atom stereocenters. The lowest BCUT2D eigenvalue weighted by atomic mass is 10.1. The lowest BCUT2D eigenvalue weighted by molar-refractivity contribution is 0.0955. The van der Waals surface area contributed by atoms with Crippen LogP contribution in [0.25, 0.3) is 0 Å². The molecule has 3 aromatic rings. The summed E-state index contributed by atoms with van der Waals surface area (Å²) in [5, 5.41) is 7.94. The van der Waals surface area contributed by atoms with Crippen LogP contribution in [0.2, 0.25) is 0 Å². The summed E-state index contributed by atoms with van der Waals surface area (Å²) in [5.41, 5.74) is 4.14. The first-order valence-electron chi connectivity index (χ1n) is 7.37. The highest BCUT2D eigenvalue weighted by Gasteiger charge is 2.06. The number of hydrogen-bond donors (Lipinski definition) is 1. The summed E-state index contributed by atoms with van der Waals surface area (Å²) in [7, 11) is 0. The Balaban J connectivity index is 1.66. The Kier molecular flexibility index (Phi) is 4.76. The molecule has 120 valence electrons. The van der Waals surface area contributed by atoms with Gasteiger partial charge in [-0.2, -0.15) is 10.2 Å². The molecule has 5 nitrogen and oxygen atoms in total. The van der Waals surface area contributed by atoms with Gasteiger partial charge in [-0.05, 0) is 29.8 Å². The average molecular weight is 322 g/mol. The molecule has 0 aliphatic heterocycles. The van der Waals surface area contributed by atoms with Gasteiger partial charge in [0.2, 0.25) is 0 Å². The maximum absolute atomic E-state index is 13.5. The van der Waals surface area contributed by atoms with Crippen LogP contribution >= 0.6 is 0 Å². The van der Waals surface area contributed by atoms with Gasteiger partial charge in [-0.3, -0.25) is 9.48 Å². The van der Waals surface area contributed by atoms with E-state index in [-0.39, 0.29) is 5.91 Å². The molecule has 0 spiro atoms. The molecule has 24 heavy (non-hydrogen) atoms. The van der Waals surface area contributed by atoms with Crippen molar-refractivity contribution in [2.24, 2.45) is 5.10 Å². The molecule has 1 N–H and O–H groups in total. The minimum Gasteiger partial charge on any atom is -0.268 e. The molecule has 0 aliphatic carbocycles. The first kappa shape index (κ1) is 15.6. The molecule has 1 aromatic heterocycles. The van der Waals surface area contributed by atoms with Crippen LogP contribution in [-0.2, 0) is 6.54 Å². The predicted octanol–water partition coefficient (Wildman–Crippen LogP) is 2.83. The van der Waals surface area contributed by atoms with Gasteiger partial charge < -0.3 is 0 Å². The quantitative estimate of drug-likeness (QED) is 0.580. The van der Waals surface area contributed by atoms with E-state index in [0.29, 0.717) is 17.7 Å². The highest BCUT2D eigenvalue weighted by Crippen LogP contribution is 2.07. The molecule has 1 heterocycles. The van der Waals surface area contributed by atoms with Gasteiger partial charge in [0, 0.05) is 23.5 Å². The summed E-state index contributed by atoms with van der Waals surface area (Å²) >= 11 is 0. The molecule has 0 saturated carbocycles. The minimum atomic E-state index is -0.392. The highest BCUT2D eigenvalue weighted by molar-refractivity contribution is 5.95. The summed E-state index contributed by atoms with van der Waals surface area (Å²) in [6.07, 6.45) is 4.83. The fraction of sp³-hybridized carbons (Fsp3) is 0.0556. The summed E-state index contributed by atoms with van der Waals surface area (Å²) in [5.74, 6) is -0.748. The normalized spacial score (nSPS) is 10.9. The third-order valence-corrected chi connectivity index (χ3v) is 3.37. The predicted molar refractivity (Wildman–Crippen MR) is 89.2 cm³/mol. The number of benzene rings is 2. The Morgan fingerprint density at radius 3 is 2.88 bits per heavy atom. The van der Waals surface area contributed by atoms with Crippen LogP contribution in [0.5, 0.6) is 0 Å². The van der Waals surface area contributed by atoms with Crippen molar-refractivity contribution in [3.63, 3.8) is 0 Å². The van der Waals surface area contributed by atoms with E-state index >= 15 is 0 Å². The second-order valence-electron chi connectivity index (χ2n) is 5.12. The van der Waals surface area contributed by atoms with E-state index in [0.717, 1.165) is 5.56 Å². The number of hydrogen-bond acceptors (Lipinski definition) is 3. The number of carbonyl (C=O) groups is 1. The van der Waals surface area contributed by atoms with Crippen molar-refractivity contribution in [2.75, 3.05) is 0 Å². The van der Waals surface area contributed by atoms with Gasteiger partial charge in [-0.25, -0.2) is 9.82 Å². The molecule has 3 rings (SSSR count). The summed E-state index contributed by atoms with van der Waals surface area (Å²) < 4.78 is 15.2. The fourth-order valence-electron chi connectivity index (χ4n) is 2.20. The zero-order valence-electron chi connectivity index (χ0n) is 12.8. The van der Waals surface area contributed by atoms with Gasteiger partial charge in [0.15, 0.2) is 0 Å². The van der Waals surface area contributed by atoms with E-state index < -0.39 is 5.82 Å². The van der Waals surface area contributed by atoms with Gasteiger partial charge in [0.1, 0.15) is 5.82 Å². The molecular weight excluding hydrogens is 307 g/mol. The summed E-state index contributed by atoms with van der Waals surface area (Å²) in [6, 6.07) is 15.2. The van der Waals surface area contributed by atoms with Crippen molar-refractivity contribution in [2.45, 2.75) is 6.54 Å². The first-order valence-corrected chi connectivity index (χ1v) is 7.37. The lowest BCUT2D eigenvalue weighted by Gasteiger charge is -2.05. The minimum absolute atomic E-state index is 0.310. The van der Waals surface area contributed by atoms with Crippen LogP contribution in [0.1, 0.15) is 21.5 Å². The van der Waals surface area contributed by atoms with Crippen molar-refractivity contribution < 1.29 is 9.18 Å². The Bertz CT molecular complexity index is 859. The number of aromatic nitrogens is 2. The number of hydrazone groups is 1. The average Bonchev–Trinajstić information content (AvgIpc) is 3.10. The zero-order valence-corrected chi connectivity index (χ0v) is 12.8. The van der Waals surface area contributed by atoms with Crippen LogP contribution in [0.4, 0.5) is 4.39 Å². The number of rotatable bonds is 5. The van der Waals surface area contributed by atoms with Gasteiger partial charge >= 0.3 is 0 Å². The van der Waals surface area contributed by atoms with Crippen LogP contribution < -0.4 is 5.43 Å². The van der Waals surface area contributed by atoms with Gasteiger partial charge in [0.05, 0.1) is 12.8 Å². The largest absolute Gasteiger partial charge is 0.271 e. The first-order chi connectivity index (χ1) is 11.7. The third-order valence-electron chi connectivity index (χ3n) is 3.37. The van der Waals surface area contributed by atoms with Crippen LogP contribution in [-0.4, -0.2) is 21.9 Å². The molecule has 6 heteroatoms. The lowest BCUT2D eigenvalue weighted by Crippen LogP contribution is -2.18. The van der Waals surface area contributed by atoms with Gasteiger partial charge in [-0.15, -0.1) is 0 Å². The molecule has 1 amide bonds. The smallest absolute Gasteiger partial charge is 0.268 e. The summed E-state index contributed by atoms with van der Waals surface area (Å²) in [6.45, 7) is 0.576. The SMILES string of the molecule is O=C(N/N=C\c1ccccc1F)c1cccc(Cn2cccn2)c1. The number of amides is 1. The molecule has 0 radical (unpaired) electrons. The summed E-state index contributed by atoms with van der Waals surface area (Å²) in [4.78, 5) is 12.1. The molecule has 2 aromatic carbocycles. The van der Waals surface area contributed by atoms with E-state index in [4.69, 9.17) is 0 Å². The maximum Gasteiger partial charge on any atom is 0.271 e. The molecule has 0 aliphatic rings. The van der Waals surface area contributed by atoms with E-state index in [1.165, 1.54) is 12.3 Å². The molecule has 0 fully saturated rings. The highest BCUT2D eigenvalue weighted by atomic mass is 19.1. The third kappa shape index (κ3) is 3.92. The number of carbonyl (C=O) groups excluding carboxylic acids is 1. The van der Waals surface area contributed by atoms with Crippen molar-refractivity contribution in [3.8, 4) is 0 Å². The molecule has 0 bridgehead atoms. The zero-order chi connectivity index (χ0) is 16.8. The van der Waals surface area contributed by atoms with Gasteiger partial charge in [-0.1, -0.05) is 30.3 Å². The molecule has 0 unspecified atom stereocenters. The number of nitrogens with zero attached hydrogens (tertiary/aromatic N) is 3. The fourth-order valence-corrected chi connectivity index (χ4v) is 2.20. The maximum atomic E-state index is 13.5. The molecule has 0 saturated heterocycles. The monoisotopic (exact) mass is 322 g/mol. The number of nitrogens with one attached hydrogen (secondary N) is 1. The van der Waals surface area contributed by atoms with Crippen molar-refractivity contribution in [1.29, 1.82) is 0 Å². The van der Waals surface area contributed by atoms with Crippen molar-refractivity contribution >= 4 is 12.1 Å². The Hall–Kier alpha value is -3.28. The van der Waals surface area contributed by atoms with Crippen molar-refractivity contribution in [1.82, 2.24) is 15.2 Å².